The molecule has 12 heavy (non-hydrogen) atoms. The summed E-state index contributed by atoms with van der Waals surface area (Å²) in [6.45, 7) is 0.813. The topological polar surface area (TPSA) is 39.4 Å². The second kappa shape index (κ2) is 4.98. The predicted molar refractivity (Wildman–Crippen MR) is 47.1 cm³/mol. The summed E-state index contributed by atoms with van der Waals surface area (Å²) < 4.78 is 9.86. The van der Waals surface area contributed by atoms with Gasteiger partial charge in [-0.05, 0) is 12.1 Å². The quantitative estimate of drug-likeness (QED) is 0.443. The van der Waals surface area contributed by atoms with Crippen LogP contribution in [0.3, 0.4) is 0 Å². The number of ether oxygens (including phenoxy) is 1. The van der Waals surface area contributed by atoms with Crippen LogP contribution >= 0.6 is 15.9 Å². The van der Waals surface area contributed by atoms with Crippen molar-refractivity contribution in [3.8, 4) is 0 Å². The minimum absolute atomic E-state index is 0.374. The molecule has 0 radical (unpaired) electrons. The summed E-state index contributed by atoms with van der Waals surface area (Å²) in [7, 11) is 0. The maximum atomic E-state index is 9.80. The fourth-order valence-electron chi connectivity index (χ4n) is 0.836. The lowest BCUT2D eigenvalue weighted by Gasteiger charge is -1.94. The Kier molecular flexibility index (Phi) is 3.87. The number of carbonyl (C=O) groups is 1. The Morgan fingerprint density at radius 1 is 1.50 bits per heavy atom. The molecule has 0 saturated heterocycles. The largest absolute Gasteiger partial charge is 0.467 e. The van der Waals surface area contributed by atoms with Crippen LogP contribution in [0.25, 0.3) is 0 Å². The lowest BCUT2D eigenvalue weighted by Crippen LogP contribution is -1.94. The van der Waals surface area contributed by atoms with Gasteiger partial charge in [0.25, 0.3) is 6.47 Å². The van der Waals surface area contributed by atoms with E-state index in [-0.39, 0.29) is 0 Å². The van der Waals surface area contributed by atoms with E-state index in [4.69, 9.17) is 4.42 Å². The fourth-order valence-corrected chi connectivity index (χ4v) is 1.14. The Morgan fingerprint density at radius 3 is 2.83 bits per heavy atom. The molecular formula is C8H9BrO3. The maximum absolute atomic E-state index is 9.80. The zero-order valence-electron chi connectivity index (χ0n) is 6.46. The van der Waals surface area contributed by atoms with Gasteiger partial charge in [-0.1, -0.05) is 15.9 Å². The average Bonchev–Trinajstić information content (AvgIpc) is 2.53. The molecule has 0 aliphatic carbocycles. The van der Waals surface area contributed by atoms with E-state index in [0.29, 0.717) is 24.8 Å². The predicted octanol–water partition coefficient (Wildman–Crippen LogP) is 1.89. The van der Waals surface area contributed by atoms with Crippen LogP contribution in [-0.4, -0.2) is 13.1 Å². The third-order valence-electron chi connectivity index (χ3n) is 1.38. The molecule has 0 amide bonds. The average molecular weight is 233 g/mol. The zero-order valence-corrected chi connectivity index (χ0v) is 8.04. The van der Waals surface area contributed by atoms with Crippen LogP contribution in [0.1, 0.15) is 11.5 Å². The number of halogens is 1. The van der Waals surface area contributed by atoms with Gasteiger partial charge in [0.1, 0.15) is 11.5 Å². The van der Waals surface area contributed by atoms with E-state index < -0.39 is 0 Å². The fraction of sp³-hybridized carbons (Fsp3) is 0.375. The molecular weight excluding hydrogens is 224 g/mol. The van der Waals surface area contributed by atoms with Crippen LogP contribution in [0, 0.1) is 0 Å². The molecule has 0 atom stereocenters. The van der Waals surface area contributed by atoms with Crippen molar-refractivity contribution in [2.24, 2.45) is 0 Å². The highest BCUT2D eigenvalue weighted by Gasteiger charge is 1.99. The molecule has 1 aromatic rings. The smallest absolute Gasteiger partial charge is 0.293 e. The lowest BCUT2D eigenvalue weighted by atomic mass is 10.3. The Balaban J connectivity index is 2.36. The molecule has 3 nitrogen and oxygen atoms in total. The summed E-state index contributed by atoms with van der Waals surface area (Å²) in [5.74, 6) is 1.72. The van der Waals surface area contributed by atoms with Crippen LogP contribution in [0.4, 0.5) is 0 Å². The first kappa shape index (κ1) is 9.32. The van der Waals surface area contributed by atoms with E-state index in [2.05, 4.69) is 20.7 Å². The standard InChI is InChI=1S/C8H9BrO3/c9-5-8-2-1-7(12-8)3-4-11-6-10/h1-2,6H,3-5H2. The van der Waals surface area contributed by atoms with E-state index in [1.807, 2.05) is 12.1 Å². The summed E-state index contributed by atoms with van der Waals surface area (Å²) in [5, 5.41) is 0.710. The van der Waals surface area contributed by atoms with Gasteiger partial charge in [-0.3, -0.25) is 4.79 Å². The Labute approximate surface area is 78.8 Å². The first-order valence-electron chi connectivity index (χ1n) is 3.55. The summed E-state index contributed by atoms with van der Waals surface area (Å²) in [6.07, 6.45) is 0.631. The highest BCUT2D eigenvalue weighted by atomic mass is 79.9. The van der Waals surface area contributed by atoms with Crippen molar-refractivity contribution in [1.82, 2.24) is 0 Å². The molecule has 0 aliphatic rings. The van der Waals surface area contributed by atoms with Gasteiger partial charge in [0.15, 0.2) is 0 Å². The van der Waals surface area contributed by atoms with Gasteiger partial charge in [0.2, 0.25) is 0 Å². The van der Waals surface area contributed by atoms with Crippen molar-refractivity contribution in [1.29, 1.82) is 0 Å². The molecule has 1 aromatic heterocycles. The normalized spacial score (nSPS) is 9.75. The molecule has 0 bridgehead atoms. The van der Waals surface area contributed by atoms with Gasteiger partial charge >= 0.3 is 0 Å². The molecule has 0 fully saturated rings. The number of hydrogen-bond donors (Lipinski definition) is 0. The monoisotopic (exact) mass is 232 g/mol. The Hall–Kier alpha value is -0.770. The second-order valence-corrected chi connectivity index (χ2v) is 2.78. The molecule has 1 rings (SSSR count). The van der Waals surface area contributed by atoms with Crippen molar-refractivity contribution in [3.63, 3.8) is 0 Å². The molecule has 0 aromatic carbocycles. The highest BCUT2D eigenvalue weighted by molar-refractivity contribution is 9.08. The molecule has 0 spiro atoms. The SMILES string of the molecule is O=COCCc1ccc(CBr)o1. The molecule has 1 heterocycles. The lowest BCUT2D eigenvalue weighted by molar-refractivity contribution is -0.128. The van der Waals surface area contributed by atoms with E-state index in [1.54, 1.807) is 0 Å². The van der Waals surface area contributed by atoms with E-state index in [0.717, 1.165) is 11.5 Å². The summed E-state index contributed by atoms with van der Waals surface area (Å²) in [6, 6.07) is 3.77. The molecule has 0 saturated carbocycles. The van der Waals surface area contributed by atoms with Crippen molar-refractivity contribution < 1.29 is 13.9 Å². The molecule has 4 heteroatoms. The number of alkyl halides is 1. The summed E-state index contributed by atoms with van der Waals surface area (Å²) >= 11 is 3.27. The second-order valence-electron chi connectivity index (χ2n) is 2.22. The van der Waals surface area contributed by atoms with Crippen molar-refractivity contribution in [3.05, 3.63) is 23.7 Å². The van der Waals surface area contributed by atoms with Gasteiger partial charge in [-0.25, -0.2) is 0 Å². The van der Waals surface area contributed by atoms with Crippen molar-refractivity contribution in [2.45, 2.75) is 11.8 Å². The number of rotatable bonds is 5. The zero-order chi connectivity index (χ0) is 8.81. The van der Waals surface area contributed by atoms with Crippen LogP contribution in [0.15, 0.2) is 16.5 Å². The Morgan fingerprint density at radius 2 is 2.25 bits per heavy atom. The van der Waals surface area contributed by atoms with E-state index in [9.17, 15) is 4.79 Å². The molecule has 66 valence electrons. The summed E-state index contributed by atoms with van der Waals surface area (Å²) in [5.41, 5.74) is 0. The molecule has 0 unspecified atom stereocenters. The molecule has 0 aliphatic heterocycles. The van der Waals surface area contributed by atoms with Gasteiger partial charge in [0, 0.05) is 6.42 Å². The number of carbonyl (C=O) groups excluding carboxylic acids is 1. The van der Waals surface area contributed by atoms with Gasteiger partial charge in [-0.2, -0.15) is 0 Å². The van der Waals surface area contributed by atoms with E-state index >= 15 is 0 Å². The van der Waals surface area contributed by atoms with Crippen molar-refractivity contribution >= 4 is 22.4 Å². The third kappa shape index (κ3) is 2.70. The maximum Gasteiger partial charge on any atom is 0.293 e. The minimum atomic E-state index is 0.374. The van der Waals surface area contributed by atoms with Crippen molar-refractivity contribution in [2.75, 3.05) is 6.61 Å². The first-order chi connectivity index (χ1) is 5.86. The van der Waals surface area contributed by atoms with Crippen LogP contribution in [0.2, 0.25) is 0 Å². The first-order valence-corrected chi connectivity index (χ1v) is 4.67. The van der Waals surface area contributed by atoms with Crippen LogP contribution in [-0.2, 0) is 21.3 Å². The van der Waals surface area contributed by atoms with E-state index in [1.165, 1.54) is 0 Å². The van der Waals surface area contributed by atoms with Crippen LogP contribution in [0.5, 0.6) is 0 Å². The minimum Gasteiger partial charge on any atom is -0.467 e. The number of hydrogen-bond acceptors (Lipinski definition) is 3. The molecule has 0 N–H and O–H groups in total. The van der Waals surface area contributed by atoms with Gasteiger partial charge in [0.05, 0.1) is 11.9 Å². The van der Waals surface area contributed by atoms with Gasteiger partial charge in [-0.15, -0.1) is 0 Å². The van der Waals surface area contributed by atoms with Crippen LogP contribution < -0.4 is 0 Å². The highest BCUT2D eigenvalue weighted by Crippen LogP contribution is 2.11. The summed E-state index contributed by atoms with van der Waals surface area (Å²) in [4.78, 5) is 9.80. The third-order valence-corrected chi connectivity index (χ3v) is 1.94. The number of furan rings is 1. The van der Waals surface area contributed by atoms with Gasteiger partial charge < -0.3 is 9.15 Å². The Bertz CT molecular complexity index is 244.